The van der Waals surface area contributed by atoms with Gasteiger partial charge < -0.3 is 10.6 Å². The van der Waals surface area contributed by atoms with E-state index in [1.54, 1.807) is 0 Å². The Kier molecular flexibility index (Phi) is 9.09. The van der Waals surface area contributed by atoms with E-state index in [4.69, 9.17) is 0 Å². The van der Waals surface area contributed by atoms with Crippen molar-refractivity contribution in [1.29, 1.82) is 0 Å². The Morgan fingerprint density at radius 3 is 2.53 bits per heavy atom. The van der Waals surface area contributed by atoms with E-state index in [0.29, 0.717) is 35.5 Å². The molecule has 2 atom stereocenters. The van der Waals surface area contributed by atoms with Crippen LogP contribution in [0.25, 0.3) is 0 Å². The van der Waals surface area contributed by atoms with E-state index in [1.807, 2.05) is 13.0 Å². The fourth-order valence-corrected chi connectivity index (χ4v) is 4.33. The number of rotatable bonds is 8. The molecule has 1 fully saturated rings. The second-order valence-electron chi connectivity index (χ2n) is 7.57. The van der Waals surface area contributed by atoms with Gasteiger partial charge in [-0.2, -0.15) is 0 Å². The van der Waals surface area contributed by atoms with Crippen LogP contribution in [0.4, 0.5) is 4.39 Å². The lowest BCUT2D eigenvalue weighted by molar-refractivity contribution is 0.600. The predicted octanol–water partition coefficient (Wildman–Crippen LogP) is 3.85. The average molecular weight is 545 g/mol. The highest BCUT2D eigenvalue weighted by molar-refractivity contribution is 14.0. The maximum Gasteiger partial charge on any atom is 0.191 e. The lowest BCUT2D eigenvalue weighted by Gasteiger charge is -2.12. The van der Waals surface area contributed by atoms with Crippen LogP contribution in [0.15, 0.2) is 53.5 Å². The summed E-state index contributed by atoms with van der Waals surface area (Å²) >= 11 is 0. The first-order valence-corrected chi connectivity index (χ1v) is 11.9. The van der Waals surface area contributed by atoms with Crippen molar-refractivity contribution in [3.05, 3.63) is 71.0 Å². The summed E-state index contributed by atoms with van der Waals surface area (Å²) in [4.78, 5) is 4.55. The topological polar surface area (TPSA) is 70.6 Å². The van der Waals surface area contributed by atoms with Gasteiger partial charge >= 0.3 is 0 Å². The van der Waals surface area contributed by atoms with Gasteiger partial charge in [-0.15, -0.1) is 24.0 Å². The van der Waals surface area contributed by atoms with E-state index in [0.717, 1.165) is 13.0 Å². The Morgan fingerprint density at radius 2 is 1.87 bits per heavy atom. The monoisotopic (exact) mass is 545 g/mol. The smallest absolute Gasteiger partial charge is 0.191 e. The molecule has 0 spiro atoms. The summed E-state index contributed by atoms with van der Waals surface area (Å²) in [6, 6.07) is 14.7. The van der Waals surface area contributed by atoms with Gasteiger partial charge in [-0.05, 0) is 54.0 Å². The first-order chi connectivity index (χ1) is 13.9. The Hall–Kier alpha value is -1.68. The van der Waals surface area contributed by atoms with E-state index in [-0.39, 0.29) is 36.3 Å². The Bertz CT molecular complexity index is 968. The highest BCUT2D eigenvalue weighted by atomic mass is 127. The van der Waals surface area contributed by atoms with E-state index >= 15 is 0 Å². The largest absolute Gasteiger partial charge is 0.357 e. The molecule has 3 rings (SSSR count). The van der Waals surface area contributed by atoms with Crippen molar-refractivity contribution >= 4 is 39.8 Å². The van der Waals surface area contributed by atoms with Gasteiger partial charge in [0.2, 0.25) is 0 Å². The standard InChI is InChI=1S/C22H28FN3O2S.HI/c1-3-24-22(26-14-19-12-21(19)16-7-5-4-6-8-16)25-13-18-11-20(23)10-9-17(18)15-29(2,27)28;/h4-11,19,21H,3,12-15H2,1-2H3,(H2,24,25,26);1H. The van der Waals surface area contributed by atoms with Crippen molar-refractivity contribution in [1.82, 2.24) is 10.6 Å². The van der Waals surface area contributed by atoms with Gasteiger partial charge in [0.1, 0.15) is 5.82 Å². The van der Waals surface area contributed by atoms with Crippen molar-refractivity contribution in [3.63, 3.8) is 0 Å². The van der Waals surface area contributed by atoms with Crippen molar-refractivity contribution < 1.29 is 12.8 Å². The number of sulfone groups is 1. The summed E-state index contributed by atoms with van der Waals surface area (Å²) < 4.78 is 37.0. The molecule has 1 aliphatic rings. The molecule has 30 heavy (non-hydrogen) atoms. The lowest BCUT2D eigenvalue weighted by Crippen LogP contribution is -2.38. The van der Waals surface area contributed by atoms with Crippen LogP contribution >= 0.6 is 24.0 Å². The van der Waals surface area contributed by atoms with Gasteiger partial charge in [0.15, 0.2) is 15.8 Å². The molecular weight excluding hydrogens is 516 g/mol. The zero-order chi connectivity index (χ0) is 20.9. The summed E-state index contributed by atoms with van der Waals surface area (Å²) in [5.41, 5.74) is 2.53. The van der Waals surface area contributed by atoms with Crippen LogP contribution in [-0.4, -0.2) is 33.7 Å². The maximum atomic E-state index is 13.7. The van der Waals surface area contributed by atoms with Crippen LogP contribution in [0.3, 0.4) is 0 Å². The number of benzene rings is 2. The minimum atomic E-state index is -3.21. The first kappa shape index (κ1) is 24.6. The summed E-state index contributed by atoms with van der Waals surface area (Å²) in [7, 11) is -3.21. The normalized spacial score (nSPS) is 18.4. The molecule has 0 saturated heterocycles. The molecule has 2 N–H and O–H groups in total. The number of nitrogens with zero attached hydrogens (tertiary/aromatic N) is 1. The van der Waals surface area contributed by atoms with Gasteiger partial charge in [-0.25, -0.2) is 17.8 Å². The van der Waals surface area contributed by atoms with E-state index in [1.165, 1.54) is 30.0 Å². The van der Waals surface area contributed by atoms with Crippen molar-refractivity contribution in [3.8, 4) is 0 Å². The molecule has 8 heteroatoms. The molecule has 2 aromatic rings. The van der Waals surface area contributed by atoms with Gasteiger partial charge in [-0.3, -0.25) is 0 Å². The van der Waals surface area contributed by atoms with Crippen molar-refractivity contribution in [2.24, 2.45) is 10.9 Å². The number of nitrogens with one attached hydrogen (secondary N) is 2. The van der Waals surface area contributed by atoms with Gasteiger partial charge in [0, 0.05) is 19.3 Å². The highest BCUT2D eigenvalue weighted by Gasteiger charge is 2.37. The summed E-state index contributed by atoms with van der Waals surface area (Å²) in [5, 5.41) is 6.56. The molecule has 5 nitrogen and oxygen atoms in total. The third kappa shape index (κ3) is 7.54. The Balaban J connectivity index is 0.00000320. The predicted molar refractivity (Wildman–Crippen MR) is 130 cm³/mol. The SMILES string of the molecule is CCNC(=NCc1cc(F)ccc1CS(C)(=O)=O)NCC1CC1c1ccccc1.I. The number of aliphatic imine (C=N–C) groups is 1. The number of hydrogen-bond donors (Lipinski definition) is 2. The van der Waals surface area contributed by atoms with E-state index in [2.05, 4.69) is 39.9 Å². The second kappa shape index (κ2) is 11.1. The zero-order valence-corrected chi connectivity index (χ0v) is 20.4. The lowest BCUT2D eigenvalue weighted by atomic mass is 10.1. The van der Waals surface area contributed by atoms with Crippen molar-refractivity contribution in [2.75, 3.05) is 19.3 Å². The molecule has 2 unspecified atom stereocenters. The average Bonchev–Trinajstić information content (AvgIpc) is 3.45. The zero-order valence-electron chi connectivity index (χ0n) is 17.3. The summed E-state index contributed by atoms with van der Waals surface area (Å²) in [5.74, 6) is 1.28. The molecule has 1 saturated carbocycles. The fraction of sp³-hybridized carbons (Fsp3) is 0.409. The van der Waals surface area contributed by atoms with Crippen LogP contribution in [-0.2, 0) is 22.1 Å². The second-order valence-corrected chi connectivity index (χ2v) is 9.71. The maximum absolute atomic E-state index is 13.7. The van der Waals surface area contributed by atoms with Gasteiger partial charge in [0.05, 0.1) is 12.3 Å². The third-order valence-corrected chi connectivity index (χ3v) is 5.86. The number of hydrogen-bond acceptors (Lipinski definition) is 3. The molecular formula is C22H29FIN3O2S. The van der Waals surface area contributed by atoms with Crippen molar-refractivity contribution in [2.45, 2.75) is 31.6 Å². The molecule has 0 bridgehead atoms. The molecule has 0 heterocycles. The molecule has 2 aromatic carbocycles. The van der Waals surface area contributed by atoms with E-state index < -0.39 is 15.7 Å². The van der Waals surface area contributed by atoms with E-state index in [9.17, 15) is 12.8 Å². The van der Waals surface area contributed by atoms with Crippen LogP contribution in [0, 0.1) is 11.7 Å². The summed E-state index contributed by atoms with van der Waals surface area (Å²) in [6.45, 7) is 3.71. The van der Waals surface area contributed by atoms with Crippen LogP contribution in [0.5, 0.6) is 0 Å². The quantitative estimate of drug-likeness (QED) is 0.301. The highest BCUT2D eigenvalue weighted by Crippen LogP contribution is 2.46. The molecule has 164 valence electrons. The minimum absolute atomic E-state index is 0. The fourth-order valence-electron chi connectivity index (χ4n) is 3.48. The molecule has 0 radical (unpaired) electrons. The van der Waals surface area contributed by atoms with Crippen LogP contribution in [0.1, 0.15) is 36.0 Å². The van der Waals surface area contributed by atoms with Gasteiger partial charge in [0.25, 0.3) is 0 Å². The first-order valence-electron chi connectivity index (χ1n) is 9.88. The Labute approximate surface area is 195 Å². The molecule has 0 amide bonds. The number of halogens is 2. The van der Waals surface area contributed by atoms with Crippen LogP contribution < -0.4 is 10.6 Å². The minimum Gasteiger partial charge on any atom is -0.357 e. The molecule has 1 aliphatic carbocycles. The number of guanidine groups is 1. The molecule has 0 aromatic heterocycles. The third-order valence-electron chi connectivity index (χ3n) is 5.02. The van der Waals surface area contributed by atoms with Crippen LogP contribution in [0.2, 0.25) is 0 Å². The van der Waals surface area contributed by atoms with Gasteiger partial charge in [-0.1, -0.05) is 36.4 Å². The Morgan fingerprint density at radius 1 is 1.13 bits per heavy atom. The summed E-state index contributed by atoms with van der Waals surface area (Å²) in [6.07, 6.45) is 2.33. The molecule has 0 aliphatic heterocycles.